The molecule has 16 heavy (non-hydrogen) atoms. The number of pyridine rings is 1. The van der Waals surface area contributed by atoms with E-state index >= 15 is 0 Å². The number of fused-ring (bicyclic) bond motifs is 1. The van der Waals surface area contributed by atoms with E-state index in [9.17, 15) is 4.79 Å². The van der Waals surface area contributed by atoms with Crippen LogP contribution in [0.25, 0.3) is 5.52 Å². The van der Waals surface area contributed by atoms with Gasteiger partial charge in [-0.05, 0) is 37.5 Å². The molecule has 3 nitrogen and oxygen atoms in total. The van der Waals surface area contributed by atoms with E-state index in [4.69, 9.17) is 0 Å². The van der Waals surface area contributed by atoms with Gasteiger partial charge in [0.2, 0.25) is 0 Å². The highest BCUT2D eigenvalue weighted by molar-refractivity contribution is 5.60. The molecule has 0 aromatic carbocycles. The number of aldehydes is 1. The van der Waals surface area contributed by atoms with Crippen LogP contribution in [0.4, 0.5) is 0 Å². The van der Waals surface area contributed by atoms with Gasteiger partial charge in [-0.3, -0.25) is 0 Å². The Morgan fingerprint density at radius 1 is 1.56 bits per heavy atom. The molecule has 3 rings (SSSR count). The molecule has 0 unspecified atom stereocenters. The topological polar surface area (TPSA) is 34.4 Å². The van der Waals surface area contributed by atoms with E-state index < -0.39 is 0 Å². The van der Waals surface area contributed by atoms with Crippen LogP contribution in [-0.2, 0) is 11.2 Å². The van der Waals surface area contributed by atoms with Crippen molar-refractivity contribution in [2.45, 2.75) is 32.1 Å². The third-order valence-electron chi connectivity index (χ3n) is 3.18. The van der Waals surface area contributed by atoms with Gasteiger partial charge in [0, 0.05) is 18.5 Å². The van der Waals surface area contributed by atoms with Crippen LogP contribution in [0, 0.1) is 6.92 Å². The first kappa shape index (κ1) is 9.58. The second-order valence-electron chi connectivity index (χ2n) is 4.49. The molecule has 0 spiro atoms. The van der Waals surface area contributed by atoms with Gasteiger partial charge in [0.1, 0.15) is 12.1 Å². The summed E-state index contributed by atoms with van der Waals surface area (Å²) < 4.78 is 2.17. The van der Waals surface area contributed by atoms with Crippen LogP contribution in [-0.4, -0.2) is 15.7 Å². The molecule has 1 aliphatic rings. The minimum absolute atomic E-state index is 0.486. The number of carbonyl (C=O) groups excluding carboxylic acids is 1. The predicted molar refractivity (Wildman–Crippen MR) is 61.7 cm³/mol. The van der Waals surface area contributed by atoms with Crippen molar-refractivity contribution in [3.63, 3.8) is 0 Å². The van der Waals surface area contributed by atoms with Crippen molar-refractivity contribution in [2.24, 2.45) is 0 Å². The van der Waals surface area contributed by atoms with Crippen molar-refractivity contribution in [2.75, 3.05) is 0 Å². The van der Waals surface area contributed by atoms with Crippen LogP contribution in [0.15, 0.2) is 18.3 Å². The van der Waals surface area contributed by atoms with Gasteiger partial charge < -0.3 is 9.20 Å². The van der Waals surface area contributed by atoms with Crippen molar-refractivity contribution in [1.29, 1.82) is 0 Å². The lowest BCUT2D eigenvalue weighted by Gasteiger charge is -2.01. The van der Waals surface area contributed by atoms with E-state index in [1.807, 2.05) is 19.2 Å². The van der Waals surface area contributed by atoms with Gasteiger partial charge in [-0.25, -0.2) is 4.98 Å². The first-order chi connectivity index (χ1) is 7.79. The lowest BCUT2D eigenvalue weighted by atomic mass is 10.2. The number of imidazole rings is 1. The fourth-order valence-electron chi connectivity index (χ4n) is 2.16. The van der Waals surface area contributed by atoms with E-state index in [2.05, 4.69) is 15.5 Å². The van der Waals surface area contributed by atoms with E-state index in [0.717, 1.165) is 23.1 Å². The highest BCUT2D eigenvalue weighted by atomic mass is 16.1. The van der Waals surface area contributed by atoms with Crippen LogP contribution in [0.5, 0.6) is 0 Å². The van der Waals surface area contributed by atoms with Gasteiger partial charge in [-0.2, -0.15) is 0 Å². The molecule has 2 heterocycles. The second-order valence-corrected chi connectivity index (χ2v) is 4.49. The highest BCUT2D eigenvalue weighted by Gasteiger charge is 2.28. The first-order valence-corrected chi connectivity index (χ1v) is 5.70. The Labute approximate surface area is 94.1 Å². The highest BCUT2D eigenvalue weighted by Crippen LogP contribution is 2.39. The van der Waals surface area contributed by atoms with Gasteiger partial charge in [0.25, 0.3) is 0 Å². The van der Waals surface area contributed by atoms with Gasteiger partial charge >= 0.3 is 0 Å². The number of aromatic nitrogens is 2. The zero-order chi connectivity index (χ0) is 11.1. The summed E-state index contributed by atoms with van der Waals surface area (Å²) >= 11 is 0. The Morgan fingerprint density at radius 2 is 2.38 bits per heavy atom. The van der Waals surface area contributed by atoms with E-state index in [-0.39, 0.29) is 0 Å². The Kier molecular flexibility index (Phi) is 2.06. The Morgan fingerprint density at radius 3 is 3.06 bits per heavy atom. The van der Waals surface area contributed by atoms with Crippen LogP contribution < -0.4 is 0 Å². The van der Waals surface area contributed by atoms with Crippen molar-refractivity contribution < 1.29 is 4.79 Å². The molecule has 2 aromatic rings. The maximum Gasteiger partial charge on any atom is 0.124 e. The summed E-state index contributed by atoms with van der Waals surface area (Å²) in [6, 6.07) is 4.08. The van der Waals surface area contributed by atoms with Crippen molar-refractivity contribution in [3.05, 3.63) is 35.4 Å². The molecular formula is C13H14N2O. The molecule has 82 valence electrons. The normalized spacial score (nSPS) is 15.6. The van der Waals surface area contributed by atoms with Gasteiger partial charge in [-0.1, -0.05) is 0 Å². The molecule has 0 amide bonds. The molecule has 1 aliphatic carbocycles. The molecule has 0 aliphatic heterocycles. The summed E-state index contributed by atoms with van der Waals surface area (Å²) in [6.07, 6.45) is 5.99. The smallest absolute Gasteiger partial charge is 0.124 e. The maximum absolute atomic E-state index is 10.5. The monoisotopic (exact) mass is 214 g/mol. The minimum Gasteiger partial charge on any atom is -0.303 e. The average molecular weight is 214 g/mol. The number of aryl methyl sites for hydroxylation is 1. The summed E-state index contributed by atoms with van der Waals surface area (Å²) in [6.45, 7) is 2.03. The number of nitrogens with zero attached hydrogens (tertiary/aromatic N) is 2. The van der Waals surface area contributed by atoms with Crippen LogP contribution >= 0.6 is 0 Å². The number of hydrogen-bond acceptors (Lipinski definition) is 2. The third kappa shape index (κ3) is 1.43. The SMILES string of the molecule is Cc1nc(C2CC2)n2ccc(CC=O)cc12. The molecule has 1 fully saturated rings. The molecule has 1 saturated carbocycles. The third-order valence-corrected chi connectivity index (χ3v) is 3.18. The summed E-state index contributed by atoms with van der Waals surface area (Å²) in [4.78, 5) is 15.1. The zero-order valence-corrected chi connectivity index (χ0v) is 9.31. The summed E-state index contributed by atoms with van der Waals surface area (Å²) in [5.41, 5.74) is 3.27. The van der Waals surface area contributed by atoms with Crippen LogP contribution in [0.3, 0.4) is 0 Å². The molecule has 0 N–H and O–H groups in total. The summed E-state index contributed by atoms with van der Waals surface area (Å²) in [5, 5.41) is 0. The minimum atomic E-state index is 0.486. The van der Waals surface area contributed by atoms with E-state index in [1.54, 1.807) is 0 Å². The molecule has 2 aromatic heterocycles. The molecule has 0 saturated heterocycles. The largest absolute Gasteiger partial charge is 0.303 e. The molecule has 0 radical (unpaired) electrons. The van der Waals surface area contributed by atoms with Gasteiger partial charge in [0.05, 0.1) is 11.2 Å². The Balaban J connectivity index is 2.16. The molecule has 3 heteroatoms. The lowest BCUT2D eigenvalue weighted by molar-refractivity contribution is -0.107. The fourth-order valence-corrected chi connectivity index (χ4v) is 2.16. The second kappa shape index (κ2) is 3.44. The average Bonchev–Trinajstić information content (AvgIpc) is 3.06. The fraction of sp³-hybridized carbons (Fsp3) is 0.385. The first-order valence-electron chi connectivity index (χ1n) is 5.70. The van der Waals surface area contributed by atoms with Gasteiger partial charge in [-0.15, -0.1) is 0 Å². The Bertz CT molecular complexity index is 552. The van der Waals surface area contributed by atoms with Crippen molar-refractivity contribution in [3.8, 4) is 0 Å². The number of rotatable bonds is 3. The van der Waals surface area contributed by atoms with E-state index in [1.165, 1.54) is 18.7 Å². The lowest BCUT2D eigenvalue weighted by Crippen LogP contribution is -1.93. The quantitative estimate of drug-likeness (QED) is 0.734. The number of hydrogen-bond donors (Lipinski definition) is 0. The zero-order valence-electron chi connectivity index (χ0n) is 9.31. The van der Waals surface area contributed by atoms with Crippen LogP contribution in [0.2, 0.25) is 0 Å². The predicted octanol–water partition coefficient (Wildman–Crippen LogP) is 2.26. The molecular weight excluding hydrogens is 200 g/mol. The molecule has 0 bridgehead atoms. The maximum atomic E-state index is 10.5. The van der Waals surface area contributed by atoms with Crippen LogP contribution in [0.1, 0.15) is 35.8 Å². The summed E-state index contributed by atoms with van der Waals surface area (Å²) in [7, 11) is 0. The van der Waals surface area contributed by atoms with Crippen molar-refractivity contribution >= 4 is 11.8 Å². The van der Waals surface area contributed by atoms with Gasteiger partial charge in [0.15, 0.2) is 0 Å². The Hall–Kier alpha value is -1.64. The molecule has 0 atom stereocenters. The van der Waals surface area contributed by atoms with Crippen molar-refractivity contribution in [1.82, 2.24) is 9.38 Å². The standard InChI is InChI=1S/C13H14N2O/c1-9-12-8-10(5-7-16)4-6-15(12)13(14-9)11-2-3-11/h4,6-8,11H,2-3,5H2,1H3. The summed E-state index contributed by atoms with van der Waals surface area (Å²) in [5.74, 6) is 1.84. The number of carbonyl (C=O) groups is 1. The van der Waals surface area contributed by atoms with E-state index in [0.29, 0.717) is 12.3 Å².